The van der Waals surface area contributed by atoms with Crippen LogP contribution in [0.3, 0.4) is 0 Å². The summed E-state index contributed by atoms with van der Waals surface area (Å²) in [5, 5.41) is 3.81. The van der Waals surface area contributed by atoms with Gasteiger partial charge < -0.3 is 14.8 Å². The Morgan fingerprint density at radius 2 is 2.17 bits per heavy atom. The first kappa shape index (κ1) is 24.4. The summed E-state index contributed by atoms with van der Waals surface area (Å²) in [7, 11) is 3.22. The molecule has 9 heteroatoms. The minimum atomic E-state index is -4.75. The number of hydrogen-bond acceptors (Lipinski definition) is 5. The van der Waals surface area contributed by atoms with Crippen molar-refractivity contribution in [3.05, 3.63) is 46.8 Å². The third-order valence-electron chi connectivity index (χ3n) is 4.87. The molecule has 0 radical (unpaired) electrons. The van der Waals surface area contributed by atoms with Crippen molar-refractivity contribution < 1.29 is 22.6 Å². The second-order valence-corrected chi connectivity index (χ2v) is 8.35. The molecule has 0 bridgehead atoms. The number of nitrogens with one attached hydrogen (secondary N) is 1. The van der Waals surface area contributed by atoms with E-state index in [4.69, 9.17) is 4.74 Å². The van der Waals surface area contributed by atoms with Gasteiger partial charge >= 0.3 is 6.36 Å². The van der Waals surface area contributed by atoms with Gasteiger partial charge in [0.25, 0.3) is 0 Å². The number of halogens is 3. The number of allylic oxidation sites excluding steroid dienone is 3. The Hall–Kier alpha value is -1.87. The van der Waals surface area contributed by atoms with Crippen molar-refractivity contribution >= 4 is 16.9 Å². The Labute approximate surface area is 180 Å². The molecule has 1 fully saturated rings. The summed E-state index contributed by atoms with van der Waals surface area (Å²) in [4.78, 5) is 7.97. The second-order valence-electron chi connectivity index (χ2n) is 7.18. The highest BCUT2D eigenvalue weighted by atomic mass is 32.2. The molecule has 168 valence electrons. The van der Waals surface area contributed by atoms with Crippen LogP contribution in [0, 0.1) is 0 Å². The van der Waals surface area contributed by atoms with Crippen LogP contribution in [0.15, 0.2) is 51.8 Å². The van der Waals surface area contributed by atoms with Crippen molar-refractivity contribution in [3.8, 4) is 0 Å². The van der Waals surface area contributed by atoms with Gasteiger partial charge in [0, 0.05) is 38.7 Å². The second kappa shape index (κ2) is 11.5. The Bertz CT molecular complexity index is 729. The molecule has 2 aliphatic rings. The summed E-state index contributed by atoms with van der Waals surface area (Å²) < 4.78 is 47.1. The van der Waals surface area contributed by atoms with E-state index < -0.39 is 6.36 Å². The predicted molar refractivity (Wildman–Crippen MR) is 116 cm³/mol. The van der Waals surface area contributed by atoms with Crippen LogP contribution in [0.2, 0.25) is 0 Å². The minimum absolute atomic E-state index is 0.289. The summed E-state index contributed by atoms with van der Waals surface area (Å²) in [6, 6.07) is 0.574. The Morgan fingerprint density at radius 1 is 1.40 bits per heavy atom. The first-order valence-electron chi connectivity index (χ1n) is 9.93. The topological polar surface area (TPSA) is 46.1 Å². The number of likely N-dealkylation sites (tertiary alicyclic amines) is 1. The zero-order valence-electron chi connectivity index (χ0n) is 17.7. The number of hydrogen-bond donors (Lipinski definition) is 1. The first-order chi connectivity index (χ1) is 14.2. The van der Waals surface area contributed by atoms with E-state index in [2.05, 4.69) is 33.4 Å². The Balaban J connectivity index is 1.93. The molecule has 1 saturated heterocycles. The quantitative estimate of drug-likeness (QED) is 0.423. The summed E-state index contributed by atoms with van der Waals surface area (Å²) in [6.45, 7) is 8.72. The fraction of sp³-hybridized carbons (Fsp3) is 0.571. The molecule has 0 spiro atoms. The summed E-state index contributed by atoms with van der Waals surface area (Å²) in [5.74, 6) is 0.117. The summed E-state index contributed by atoms with van der Waals surface area (Å²) >= 11 is 1.50. The SMILES string of the molecule is C=C(CN1CCCC1C)S/C(=N\CCC1=CCC(OC)=CC(OC(F)(F)F)=C1)NC. The maximum absolute atomic E-state index is 12.6. The number of methoxy groups -OCH3 is 1. The molecule has 0 aromatic carbocycles. The molecule has 1 aliphatic heterocycles. The summed E-state index contributed by atoms with van der Waals surface area (Å²) in [6.07, 6.45) is 3.04. The average molecular weight is 446 g/mol. The van der Waals surface area contributed by atoms with Gasteiger partial charge in [0.1, 0.15) is 11.5 Å². The fourth-order valence-electron chi connectivity index (χ4n) is 3.31. The normalized spacial score (nSPS) is 20.8. The monoisotopic (exact) mass is 445 g/mol. The van der Waals surface area contributed by atoms with Crippen molar-refractivity contribution in [3.63, 3.8) is 0 Å². The van der Waals surface area contributed by atoms with E-state index in [1.807, 2.05) is 6.08 Å². The summed E-state index contributed by atoms with van der Waals surface area (Å²) in [5.41, 5.74) is 0.714. The minimum Gasteiger partial charge on any atom is -0.501 e. The molecule has 1 heterocycles. The van der Waals surface area contributed by atoms with Crippen molar-refractivity contribution in [1.82, 2.24) is 10.2 Å². The lowest BCUT2D eigenvalue weighted by molar-refractivity contribution is -0.303. The van der Waals surface area contributed by atoms with Crippen LogP contribution in [0.4, 0.5) is 13.2 Å². The fourth-order valence-corrected chi connectivity index (χ4v) is 4.08. The van der Waals surface area contributed by atoms with Crippen LogP contribution >= 0.6 is 11.8 Å². The molecule has 1 N–H and O–H groups in total. The average Bonchev–Trinajstić information content (AvgIpc) is 2.95. The van der Waals surface area contributed by atoms with E-state index >= 15 is 0 Å². The molecule has 30 heavy (non-hydrogen) atoms. The maximum Gasteiger partial charge on any atom is 0.573 e. The molecule has 0 aromatic heterocycles. The van der Waals surface area contributed by atoms with E-state index in [0.29, 0.717) is 36.8 Å². The largest absolute Gasteiger partial charge is 0.573 e. The van der Waals surface area contributed by atoms with Gasteiger partial charge in [-0.05, 0) is 49.3 Å². The molecule has 0 saturated carbocycles. The molecule has 0 aromatic rings. The Kier molecular flexibility index (Phi) is 9.36. The van der Waals surface area contributed by atoms with Crippen LogP contribution < -0.4 is 5.32 Å². The lowest BCUT2D eigenvalue weighted by Crippen LogP contribution is -2.29. The van der Waals surface area contributed by atoms with E-state index in [9.17, 15) is 13.2 Å². The molecule has 1 aliphatic carbocycles. The number of ether oxygens (including phenoxy) is 2. The van der Waals surface area contributed by atoms with E-state index in [0.717, 1.165) is 23.2 Å². The zero-order chi connectivity index (χ0) is 22.1. The zero-order valence-corrected chi connectivity index (χ0v) is 18.5. The van der Waals surface area contributed by atoms with Crippen molar-refractivity contribution in [2.45, 2.75) is 45.0 Å². The van der Waals surface area contributed by atoms with Crippen LogP contribution in [0.25, 0.3) is 0 Å². The van der Waals surface area contributed by atoms with Gasteiger partial charge in [-0.15, -0.1) is 13.2 Å². The van der Waals surface area contributed by atoms with Gasteiger partial charge in [-0.3, -0.25) is 9.89 Å². The van der Waals surface area contributed by atoms with Crippen molar-refractivity contribution in [2.24, 2.45) is 4.99 Å². The van der Waals surface area contributed by atoms with Crippen LogP contribution in [0.1, 0.15) is 32.6 Å². The third-order valence-corrected chi connectivity index (χ3v) is 5.82. The molecular weight excluding hydrogens is 415 g/mol. The number of amidine groups is 1. The highest BCUT2D eigenvalue weighted by molar-refractivity contribution is 8.17. The molecule has 2 rings (SSSR count). The lowest BCUT2D eigenvalue weighted by Gasteiger charge is -2.21. The number of thioether (sulfide) groups is 1. The maximum atomic E-state index is 12.6. The van der Waals surface area contributed by atoms with E-state index in [1.54, 1.807) is 7.05 Å². The highest BCUT2D eigenvalue weighted by Crippen LogP contribution is 2.27. The Morgan fingerprint density at radius 3 is 2.77 bits per heavy atom. The molecular formula is C21H30F3N3O2S. The smallest absolute Gasteiger partial charge is 0.501 e. The standard InChI is InChI=1S/C21H30F3N3O2S/c1-15-6-5-11-27(15)14-16(2)30-20(25-3)26-10-9-17-7-8-18(28-4)13-19(12-17)29-21(22,23)24/h7,12-13,15H,2,5-6,8-11,14H2,1,3-4H3,(H,25,26). The number of rotatable bonds is 8. The van der Waals surface area contributed by atoms with Gasteiger partial charge in [0.2, 0.25) is 0 Å². The van der Waals surface area contributed by atoms with Gasteiger partial charge in [-0.2, -0.15) is 0 Å². The number of nitrogens with zero attached hydrogens (tertiary/aromatic N) is 2. The van der Waals surface area contributed by atoms with Gasteiger partial charge in [-0.1, -0.05) is 24.4 Å². The molecule has 1 unspecified atom stereocenters. The third kappa shape index (κ3) is 8.47. The van der Waals surface area contributed by atoms with Crippen molar-refractivity contribution in [1.29, 1.82) is 0 Å². The number of alkyl halides is 3. The van der Waals surface area contributed by atoms with Crippen LogP contribution in [-0.2, 0) is 9.47 Å². The van der Waals surface area contributed by atoms with E-state index in [-0.39, 0.29) is 5.76 Å². The van der Waals surface area contributed by atoms with Gasteiger partial charge in [0.05, 0.1) is 7.11 Å². The first-order valence-corrected chi connectivity index (χ1v) is 10.7. The molecule has 0 amide bonds. The van der Waals surface area contributed by atoms with E-state index in [1.165, 1.54) is 43.9 Å². The van der Waals surface area contributed by atoms with Crippen LogP contribution in [-0.4, -0.2) is 56.3 Å². The van der Waals surface area contributed by atoms with Gasteiger partial charge in [0.15, 0.2) is 5.17 Å². The van der Waals surface area contributed by atoms with Crippen molar-refractivity contribution in [2.75, 3.05) is 33.8 Å². The van der Waals surface area contributed by atoms with Gasteiger partial charge in [-0.25, -0.2) is 0 Å². The predicted octanol–water partition coefficient (Wildman–Crippen LogP) is 4.96. The number of aliphatic imine (C=N–C) groups is 1. The lowest BCUT2D eigenvalue weighted by atomic mass is 10.1. The van der Waals surface area contributed by atoms with Crippen LogP contribution in [0.5, 0.6) is 0 Å². The highest BCUT2D eigenvalue weighted by Gasteiger charge is 2.32. The molecule has 1 atom stereocenters. The molecule has 5 nitrogen and oxygen atoms in total.